The number of hydrogen-bond donors (Lipinski definition) is 1. The Morgan fingerprint density at radius 2 is 2.28 bits per heavy atom. The number of nitrogens with zero attached hydrogens (tertiary/aromatic N) is 1. The monoisotopic (exact) mass is 356 g/mol. The average Bonchev–Trinajstić information content (AvgIpc) is 2.59. The lowest BCUT2D eigenvalue weighted by atomic mass is 9.77. The first-order valence-corrected chi connectivity index (χ1v) is 8.31. The zero-order valence-electron chi connectivity index (χ0n) is 13.5. The fraction of sp³-hybridized carbons (Fsp3) is 0.263. The molecular weight excluding hydrogens is 340 g/mol. The van der Waals surface area contributed by atoms with Crippen LogP contribution in [0, 0.1) is 11.3 Å². The molecule has 0 saturated heterocycles. The van der Waals surface area contributed by atoms with Gasteiger partial charge in [-0.1, -0.05) is 30.3 Å². The van der Waals surface area contributed by atoms with Crippen molar-refractivity contribution in [3.05, 3.63) is 64.2 Å². The van der Waals surface area contributed by atoms with Gasteiger partial charge in [0.2, 0.25) is 5.88 Å². The van der Waals surface area contributed by atoms with Gasteiger partial charge in [-0.3, -0.25) is 4.79 Å². The van der Waals surface area contributed by atoms with E-state index >= 15 is 0 Å². The highest BCUT2D eigenvalue weighted by Gasteiger charge is 2.38. The second kappa shape index (κ2) is 7.04. The Kier molecular flexibility index (Phi) is 4.82. The molecule has 0 unspecified atom stereocenters. The number of hydrogen-bond acceptors (Lipinski definition) is 5. The molecule has 0 saturated carbocycles. The molecule has 0 aromatic heterocycles. The standard InChI is InChI=1S/C19H17ClN2O3/c1-2-8-24-15-7-6-11(9-13(15)20)17-12(10-21)19(22)25-16-5-3-4-14(23)18(16)17/h2,6-7,9,17H,1,3-5,8,22H2/t17-/m0/s1. The molecule has 3 rings (SSSR count). The zero-order chi connectivity index (χ0) is 18.0. The van der Waals surface area contributed by atoms with Gasteiger partial charge in [-0.25, -0.2) is 0 Å². The van der Waals surface area contributed by atoms with E-state index in [4.69, 9.17) is 26.8 Å². The topological polar surface area (TPSA) is 85.3 Å². The molecule has 2 N–H and O–H groups in total. The fourth-order valence-electron chi connectivity index (χ4n) is 3.15. The van der Waals surface area contributed by atoms with Crippen LogP contribution in [0.2, 0.25) is 5.02 Å². The molecule has 1 atom stereocenters. The molecule has 0 spiro atoms. The van der Waals surface area contributed by atoms with E-state index in [0.717, 1.165) is 0 Å². The maximum atomic E-state index is 12.5. The molecule has 25 heavy (non-hydrogen) atoms. The molecule has 1 aromatic carbocycles. The summed E-state index contributed by atoms with van der Waals surface area (Å²) in [5, 5.41) is 9.93. The third kappa shape index (κ3) is 3.13. The van der Waals surface area contributed by atoms with Gasteiger partial charge in [0.15, 0.2) is 5.78 Å². The van der Waals surface area contributed by atoms with Crippen molar-refractivity contribution in [2.24, 2.45) is 5.73 Å². The van der Waals surface area contributed by atoms with Crippen molar-refractivity contribution in [1.82, 2.24) is 0 Å². The summed E-state index contributed by atoms with van der Waals surface area (Å²) in [7, 11) is 0. The van der Waals surface area contributed by atoms with Crippen LogP contribution >= 0.6 is 11.6 Å². The second-order valence-electron chi connectivity index (χ2n) is 5.83. The Bertz CT molecular complexity index is 849. The molecule has 1 heterocycles. The van der Waals surface area contributed by atoms with Gasteiger partial charge in [0.05, 0.1) is 10.9 Å². The molecule has 128 valence electrons. The molecule has 5 nitrogen and oxygen atoms in total. The number of ketones is 1. The van der Waals surface area contributed by atoms with Gasteiger partial charge in [0, 0.05) is 18.4 Å². The summed E-state index contributed by atoms with van der Waals surface area (Å²) >= 11 is 6.30. The Morgan fingerprint density at radius 1 is 1.48 bits per heavy atom. The molecular formula is C19H17ClN2O3. The Hall–Kier alpha value is -2.71. The van der Waals surface area contributed by atoms with Crippen molar-refractivity contribution < 1.29 is 14.3 Å². The molecule has 0 bridgehead atoms. The Balaban J connectivity index is 2.08. The number of Topliss-reactive ketones (excluding diaryl/α,β-unsaturated/α-hetero) is 1. The van der Waals surface area contributed by atoms with E-state index in [9.17, 15) is 10.1 Å². The van der Waals surface area contributed by atoms with Gasteiger partial charge < -0.3 is 15.2 Å². The van der Waals surface area contributed by atoms with E-state index in [0.29, 0.717) is 53.5 Å². The van der Waals surface area contributed by atoms with Crippen LogP contribution in [0.15, 0.2) is 53.6 Å². The van der Waals surface area contributed by atoms with Crippen LogP contribution in [0.25, 0.3) is 0 Å². The van der Waals surface area contributed by atoms with Gasteiger partial charge in [-0.2, -0.15) is 5.26 Å². The van der Waals surface area contributed by atoms with Crippen molar-refractivity contribution >= 4 is 17.4 Å². The van der Waals surface area contributed by atoms with Gasteiger partial charge in [0.25, 0.3) is 0 Å². The van der Waals surface area contributed by atoms with Crippen molar-refractivity contribution in [2.45, 2.75) is 25.2 Å². The smallest absolute Gasteiger partial charge is 0.205 e. The number of allylic oxidation sites excluding steroid dienone is 3. The van der Waals surface area contributed by atoms with Gasteiger partial charge >= 0.3 is 0 Å². The quantitative estimate of drug-likeness (QED) is 0.831. The number of ether oxygens (including phenoxy) is 2. The number of carbonyl (C=O) groups excluding carboxylic acids is 1. The summed E-state index contributed by atoms with van der Waals surface area (Å²) in [5.41, 5.74) is 7.37. The third-order valence-corrected chi connectivity index (χ3v) is 4.55. The summed E-state index contributed by atoms with van der Waals surface area (Å²) in [6.45, 7) is 3.93. The lowest BCUT2D eigenvalue weighted by Gasteiger charge is -2.31. The van der Waals surface area contributed by atoms with Crippen LogP contribution in [-0.2, 0) is 9.53 Å². The summed E-state index contributed by atoms with van der Waals surface area (Å²) in [6, 6.07) is 7.29. The lowest BCUT2D eigenvalue weighted by molar-refractivity contribution is -0.116. The zero-order valence-corrected chi connectivity index (χ0v) is 14.3. The van der Waals surface area contributed by atoms with E-state index < -0.39 is 5.92 Å². The first-order valence-electron chi connectivity index (χ1n) is 7.93. The van der Waals surface area contributed by atoms with Crippen molar-refractivity contribution in [2.75, 3.05) is 6.61 Å². The van der Waals surface area contributed by atoms with Crippen molar-refractivity contribution in [3.63, 3.8) is 0 Å². The number of halogens is 1. The predicted molar refractivity (Wildman–Crippen MR) is 93.7 cm³/mol. The first-order chi connectivity index (χ1) is 12.1. The molecule has 0 amide bonds. The Labute approximate surface area is 151 Å². The van der Waals surface area contributed by atoms with E-state index in [-0.39, 0.29) is 17.2 Å². The van der Waals surface area contributed by atoms with Gasteiger partial charge in [-0.15, -0.1) is 0 Å². The first kappa shape index (κ1) is 17.1. The van der Waals surface area contributed by atoms with E-state index in [1.54, 1.807) is 24.3 Å². The van der Waals surface area contributed by atoms with Crippen LogP contribution in [0.5, 0.6) is 5.75 Å². The number of carbonyl (C=O) groups is 1. The largest absolute Gasteiger partial charge is 0.488 e. The highest BCUT2D eigenvalue weighted by Crippen LogP contribution is 2.44. The Morgan fingerprint density at radius 3 is 2.96 bits per heavy atom. The highest BCUT2D eigenvalue weighted by molar-refractivity contribution is 6.32. The van der Waals surface area contributed by atoms with Crippen LogP contribution in [0.4, 0.5) is 0 Å². The number of nitriles is 1. The molecule has 1 aromatic rings. The van der Waals surface area contributed by atoms with Gasteiger partial charge in [-0.05, 0) is 24.1 Å². The number of rotatable bonds is 4. The van der Waals surface area contributed by atoms with Crippen molar-refractivity contribution in [1.29, 1.82) is 5.26 Å². The molecule has 2 aliphatic rings. The minimum Gasteiger partial charge on any atom is -0.488 e. The van der Waals surface area contributed by atoms with Gasteiger partial charge in [0.1, 0.15) is 29.8 Å². The molecule has 1 aliphatic carbocycles. The SMILES string of the molecule is C=CCOc1ccc([C@H]2C(C#N)=C(N)OC3=C2C(=O)CCC3)cc1Cl. The lowest BCUT2D eigenvalue weighted by Crippen LogP contribution is -2.27. The van der Waals surface area contributed by atoms with Crippen LogP contribution in [0.1, 0.15) is 30.7 Å². The second-order valence-corrected chi connectivity index (χ2v) is 6.24. The number of nitrogens with two attached hydrogens (primary N) is 1. The highest BCUT2D eigenvalue weighted by atomic mass is 35.5. The summed E-state index contributed by atoms with van der Waals surface area (Å²) in [4.78, 5) is 12.5. The minimum absolute atomic E-state index is 0.0189. The maximum Gasteiger partial charge on any atom is 0.205 e. The van der Waals surface area contributed by atoms with E-state index in [2.05, 4.69) is 12.6 Å². The third-order valence-electron chi connectivity index (χ3n) is 4.25. The summed E-state index contributed by atoms with van der Waals surface area (Å²) in [5.74, 6) is 0.532. The van der Waals surface area contributed by atoms with Crippen LogP contribution in [0.3, 0.4) is 0 Å². The maximum absolute atomic E-state index is 12.5. The summed E-state index contributed by atoms with van der Waals surface area (Å²) < 4.78 is 11.0. The normalized spacial score (nSPS) is 19.8. The molecule has 0 radical (unpaired) electrons. The van der Waals surface area contributed by atoms with Crippen LogP contribution < -0.4 is 10.5 Å². The van der Waals surface area contributed by atoms with Crippen LogP contribution in [-0.4, -0.2) is 12.4 Å². The fourth-order valence-corrected chi connectivity index (χ4v) is 3.40. The molecule has 0 fully saturated rings. The van der Waals surface area contributed by atoms with Crippen molar-refractivity contribution in [3.8, 4) is 11.8 Å². The van der Waals surface area contributed by atoms with E-state index in [1.165, 1.54) is 0 Å². The average molecular weight is 357 g/mol. The minimum atomic E-state index is -0.562. The number of benzene rings is 1. The molecule has 6 heteroatoms. The summed E-state index contributed by atoms with van der Waals surface area (Å²) in [6.07, 6.45) is 3.41. The molecule has 1 aliphatic heterocycles. The van der Waals surface area contributed by atoms with E-state index in [1.807, 2.05) is 0 Å². The predicted octanol–water partition coefficient (Wildman–Crippen LogP) is 3.72.